The molecule has 0 spiro atoms. The molecular weight excluding hydrogens is 274 g/mol. The van der Waals surface area contributed by atoms with Gasteiger partial charge in [-0.2, -0.15) is 0 Å². The number of anilines is 1. The van der Waals surface area contributed by atoms with Crippen LogP contribution < -0.4 is 5.32 Å². The van der Waals surface area contributed by atoms with E-state index in [1.165, 1.54) is 0 Å². The monoisotopic (exact) mass is 295 g/mol. The largest absolute Gasteiger partial charge is 0.385 e. The summed E-state index contributed by atoms with van der Waals surface area (Å²) in [5.41, 5.74) is 4.21. The van der Waals surface area contributed by atoms with Gasteiger partial charge in [0.1, 0.15) is 0 Å². The third-order valence-electron chi connectivity index (χ3n) is 4.12. The Morgan fingerprint density at radius 1 is 1.27 bits per heavy atom. The Morgan fingerprint density at radius 3 is 2.86 bits per heavy atom. The standard InChI is InChI=1S/C18H21N3O/c1-2-21(13-14-8-11-19-12-9-14)18(22)16-5-3-7-17-15(16)6-4-10-20-17/h3,5,7-9,11-12,20H,2,4,6,10,13H2,1H3. The van der Waals surface area contributed by atoms with Gasteiger partial charge in [-0.3, -0.25) is 9.78 Å². The number of carbonyl (C=O) groups excluding carboxylic acids is 1. The number of fused-ring (bicyclic) bond motifs is 1. The maximum Gasteiger partial charge on any atom is 0.254 e. The number of nitrogens with one attached hydrogen (secondary N) is 1. The summed E-state index contributed by atoms with van der Waals surface area (Å²) < 4.78 is 0. The fraction of sp³-hybridized carbons (Fsp3) is 0.333. The van der Waals surface area contributed by atoms with E-state index >= 15 is 0 Å². The van der Waals surface area contributed by atoms with E-state index in [0.29, 0.717) is 13.1 Å². The first-order valence-electron chi connectivity index (χ1n) is 7.83. The highest BCUT2D eigenvalue weighted by Gasteiger charge is 2.21. The molecule has 1 aromatic heterocycles. The average molecular weight is 295 g/mol. The van der Waals surface area contributed by atoms with Crippen molar-refractivity contribution in [1.82, 2.24) is 9.88 Å². The number of benzene rings is 1. The summed E-state index contributed by atoms with van der Waals surface area (Å²) >= 11 is 0. The number of amides is 1. The van der Waals surface area contributed by atoms with Crippen molar-refractivity contribution in [3.8, 4) is 0 Å². The number of aromatic nitrogens is 1. The molecule has 4 heteroatoms. The average Bonchev–Trinajstić information content (AvgIpc) is 2.59. The topological polar surface area (TPSA) is 45.2 Å². The number of nitrogens with zero attached hydrogens (tertiary/aromatic N) is 2. The molecule has 0 fully saturated rings. The normalized spacial score (nSPS) is 13.1. The molecule has 2 heterocycles. The van der Waals surface area contributed by atoms with Crippen molar-refractivity contribution in [2.45, 2.75) is 26.3 Å². The minimum absolute atomic E-state index is 0.111. The quantitative estimate of drug-likeness (QED) is 0.942. The van der Waals surface area contributed by atoms with Gasteiger partial charge in [0, 0.05) is 43.3 Å². The number of hydrogen-bond acceptors (Lipinski definition) is 3. The lowest BCUT2D eigenvalue weighted by molar-refractivity contribution is 0.0751. The van der Waals surface area contributed by atoms with E-state index < -0.39 is 0 Å². The van der Waals surface area contributed by atoms with Crippen LogP contribution in [0.3, 0.4) is 0 Å². The maximum atomic E-state index is 12.9. The van der Waals surface area contributed by atoms with Crippen molar-refractivity contribution >= 4 is 11.6 Å². The zero-order valence-corrected chi connectivity index (χ0v) is 12.9. The third-order valence-corrected chi connectivity index (χ3v) is 4.12. The number of rotatable bonds is 4. The maximum absolute atomic E-state index is 12.9. The molecule has 2 aromatic rings. The first kappa shape index (κ1) is 14.6. The molecule has 1 N–H and O–H groups in total. The minimum Gasteiger partial charge on any atom is -0.385 e. The molecule has 1 amide bonds. The van der Waals surface area contributed by atoms with Gasteiger partial charge in [0.2, 0.25) is 0 Å². The molecule has 114 valence electrons. The van der Waals surface area contributed by atoms with Crippen LogP contribution in [0.4, 0.5) is 5.69 Å². The van der Waals surface area contributed by atoms with Crippen LogP contribution in [0.1, 0.15) is 34.8 Å². The molecule has 0 atom stereocenters. The molecule has 0 saturated heterocycles. The van der Waals surface area contributed by atoms with Gasteiger partial charge in [-0.1, -0.05) is 6.07 Å². The Hall–Kier alpha value is -2.36. The molecule has 4 nitrogen and oxygen atoms in total. The van der Waals surface area contributed by atoms with Crippen molar-refractivity contribution in [2.24, 2.45) is 0 Å². The lowest BCUT2D eigenvalue weighted by Gasteiger charge is -2.25. The molecule has 0 unspecified atom stereocenters. The zero-order valence-electron chi connectivity index (χ0n) is 12.9. The van der Waals surface area contributed by atoms with E-state index in [1.807, 2.05) is 36.1 Å². The predicted molar refractivity (Wildman–Crippen MR) is 87.9 cm³/mol. The summed E-state index contributed by atoms with van der Waals surface area (Å²) in [6, 6.07) is 9.88. The Morgan fingerprint density at radius 2 is 2.09 bits per heavy atom. The molecule has 3 rings (SSSR count). The second-order valence-electron chi connectivity index (χ2n) is 5.54. The zero-order chi connectivity index (χ0) is 15.4. The molecule has 0 bridgehead atoms. The van der Waals surface area contributed by atoms with Crippen LogP contribution >= 0.6 is 0 Å². The van der Waals surface area contributed by atoms with Gasteiger partial charge in [0.15, 0.2) is 0 Å². The van der Waals surface area contributed by atoms with Gasteiger partial charge < -0.3 is 10.2 Å². The second-order valence-corrected chi connectivity index (χ2v) is 5.54. The highest BCUT2D eigenvalue weighted by Crippen LogP contribution is 2.26. The molecule has 0 radical (unpaired) electrons. The van der Waals surface area contributed by atoms with Gasteiger partial charge in [-0.15, -0.1) is 0 Å². The smallest absolute Gasteiger partial charge is 0.254 e. The highest BCUT2D eigenvalue weighted by molar-refractivity contribution is 5.97. The van der Waals surface area contributed by atoms with Gasteiger partial charge in [-0.25, -0.2) is 0 Å². The van der Waals surface area contributed by atoms with Gasteiger partial charge in [-0.05, 0) is 55.2 Å². The molecule has 1 aliphatic rings. The van der Waals surface area contributed by atoms with Crippen molar-refractivity contribution in [3.63, 3.8) is 0 Å². The fourth-order valence-corrected chi connectivity index (χ4v) is 2.92. The van der Waals surface area contributed by atoms with Crippen molar-refractivity contribution in [3.05, 3.63) is 59.4 Å². The summed E-state index contributed by atoms with van der Waals surface area (Å²) in [7, 11) is 0. The summed E-state index contributed by atoms with van der Waals surface area (Å²) in [6.07, 6.45) is 5.58. The van der Waals surface area contributed by atoms with E-state index in [-0.39, 0.29) is 5.91 Å². The van der Waals surface area contributed by atoms with E-state index in [1.54, 1.807) is 12.4 Å². The SMILES string of the molecule is CCN(Cc1ccncc1)C(=O)c1cccc2c1CCCN2. The molecule has 0 aliphatic carbocycles. The number of carbonyl (C=O) groups is 1. The van der Waals surface area contributed by atoms with Crippen LogP contribution in [0.25, 0.3) is 0 Å². The number of pyridine rings is 1. The van der Waals surface area contributed by atoms with Crippen LogP contribution in [0.15, 0.2) is 42.7 Å². The Labute approximate surface area is 131 Å². The molecular formula is C18H21N3O. The van der Waals surface area contributed by atoms with Crippen LogP contribution in [-0.4, -0.2) is 28.9 Å². The van der Waals surface area contributed by atoms with E-state index in [9.17, 15) is 4.79 Å². The van der Waals surface area contributed by atoms with Crippen LogP contribution in [0.2, 0.25) is 0 Å². The Bertz CT molecular complexity index is 655. The fourth-order valence-electron chi connectivity index (χ4n) is 2.92. The lowest BCUT2D eigenvalue weighted by Crippen LogP contribution is -2.31. The Balaban J connectivity index is 1.86. The Kier molecular flexibility index (Phi) is 4.37. The molecule has 0 saturated carbocycles. The summed E-state index contributed by atoms with van der Waals surface area (Å²) in [6.45, 7) is 4.32. The highest BCUT2D eigenvalue weighted by atomic mass is 16.2. The number of hydrogen-bond donors (Lipinski definition) is 1. The van der Waals surface area contributed by atoms with Crippen molar-refractivity contribution < 1.29 is 4.79 Å². The first-order chi connectivity index (χ1) is 10.8. The summed E-state index contributed by atoms with van der Waals surface area (Å²) in [5.74, 6) is 0.111. The van der Waals surface area contributed by atoms with Crippen molar-refractivity contribution in [2.75, 3.05) is 18.4 Å². The second kappa shape index (κ2) is 6.60. The summed E-state index contributed by atoms with van der Waals surface area (Å²) in [4.78, 5) is 18.9. The minimum atomic E-state index is 0.111. The third kappa shape index (κ3) is 2.96. The van der Waals surface area contributed by atoms with Crippen LogP contribution in [0.5, 0.6) is 0 Å². The van der Waals surface area contributed by atoms with Gasteiger partial charge in [0.05, 0.1) is 0 Å². The predicted octanol–water partition coefficient (Wildman–Crippen LogP) is 3.10. The van der Waals surface area contributed by atoms with Crippen LogP contribution in [-0.2, 0) is 13.0 Å². The lowest BCUT2D eigenvalue weighted by atomic mass is 9.96. The first-order valence-corrected chi connectivity index (χ1v) is 7.83. The van der Waals surface area contributed by atoms with E-state index in [0.717, 1.165) is 41.8 Å². The van der Waals surface area contributed by atoms with Crippen LogP contribution in [0, 0.1) is 0 Å². The summed E-state index contributed by atoms with van der Waals surface area (Å²) in [5, 5.41) is 3.39. The van der Waals surface area contributed by atoms with Crippen molar-refractivity contribution in [1.29, 1.82) is 0 Å². The van der Waals surface area contributed by atoms with Gasteiger partial charge in [0.25, 0.3) is 5.91 Å². The van der Waals surface area contributed by atoms with Gasteiger partial charge >= 0.3 is 0 Å². The van der Waals surface area contributed by atoms with E-state index in [2.05, 4.69) is 16.4 Å². The molecule has 1 aliphatic heterocycles. The molecule has 1 aromatic carbocycles. The molecule has 22 heavy (non-hydrogen) atoms. The van der Waals surface area contributed by atoms with E-state index in [4.69, 9.17) is 0 Å².